The molecule has 1 amide bonds. The molecule has 2 fully saturated rings. The van der Waals surface area contributed by atoms with E-state index in [-0.39, 0.29) is 12.5 Å². The quantitative estimate of drug-likeness (QED) is 0.403. The van der Waals surface area contributed by atoms with Crippen LogP contribution in [-0.2, 0) is 4.79 Å². The molecule has 2 aliphatic heterocycles. The molecule has 2 bridgehead atoms. The highest BCUT2D eigenvalue weighted by Gasteiger charge is 2.46. The highest BCUT2D eigenvalue weighted by atomic mass is 32.1. The smallest absolute Gasteiger partial charge is 0.247 e. The molecule has 1 aliphatic carbocycles. The van der Waals surface area contributed by atoms with E-state index in [2.05, 4.69) is 71.1 Å². The van der Waals surface area contributed by atoms with Crippen molar-refractivity contribution in [2.45, 2.75) is 65.3 Å². The van der Waals surface area contributed by atoms with Crippen LogP contribution in [0, 0.1) is 26.7 Å². The van der Waals surface area contributed by atoms with Gasteiger partial charge in [-0.3, -0.25) is 14.7 Å². The molecule has 192 valence electrons. The number of rotatable bonds is 5. The third kappa shape index (κ3) is 3.43. The lowest BCUT2D eigenvalue weighted by atomic mass is 9.88. The molecule has 0 aromatic carbocycles. The van der Waals surface area contributed by atoms with E-state index in [4.69, 9.17) is 0 Å². The maximum Gasteiger partial charge on any atom is 0.247 e. The zero-order valence-electron chi connectivity index (χ0n) is 22.1. The van der Waals surface area contributed by atoms with Crippen molar-refractivity contribution >= 4 is 38.9 Å². The minimum atomic E-state index is 0.0217. The van der Waals surface area contributed by atoms with E-state index in [1.165, 1.54) is 56.6 Å². The van der Waals surface area contributed by atoms with E-state index in [0.29, 0.717) is 23.8 Å². The van der Waals surface area contributed by atoms with Crippen LogP contribution in [0.4, 0.5) is 0 Å². The maximum absolute atomic E-state index is 11.5. The van der Waals surface area contributed by atoms with Crippen LogP contribution in [0.1, 0.15) is 65.7 Å². The lowest BCUT2D eigenvalue weighted by Crippen LogP contribution is -2.42. The Labute approximate surface area is 220 Å². The number of aryl methyl sites for hydroxylation is 2. The van der Waals surface area contributed by atoms with Crippen molar-refractivity contribution in [1.29, 1.82) is 0 Å². The van der Waals surface area contributed by atoms with Gasteiger partial charge in [-0.05, 0) is 73.6 Å². The third-order valence-corrected chi connectivity index (χ3v) is 10.3. The van der Waals surface area contributed by atoms with E-state index in [1.54, 1.807) is 11.2 Å². The van der Waals surface area contributed by atoms with E-state index in [0.717, 1.165) is 24.6 Å². The van der Waals surface area contributed by atoms with Gasteiger partial charge in [0, 0.05) is 34.6 Å². The molecule has 3 aliphatic rings. The molecule has 0 unspecified atom stereocenters. The number of aliphatic imine (C=N–C) groups is 1. The predicted molar refractivity (Wildman–Crippen MR) is 148 cm³/mol. The van der Waals surface area contributed by atoms with E-state index in [1.807, 2.05) is 15.9 Å². The molecule has 2 N–H and O–H groups in total. The molecule has 4 aromatic heterocycles. The number of aromatic nitrogens is 4. The van der Waals surface area contributed by atoms with Gasteiger partial charge in [-0.25, -0.2) is 9.50 Å². The fourth-order valence-electron chi connectivity index (χ4n) is 7.10. The van der Waals surface area contributed by atoms with Gasteiger partial charge in [-0.1, -0.05) is 13.8 Å². The Morgan fingerprint density at radius 1 is 1.16 bits per heavy atom. The normalized spacial score (nSPS) is 23.8. The van der Waals surface area contributed by atoms with E-state index >= 15 is 0 Å². The summed E-state index contributed by atoms with van der Waals surface area (Å²) in [6, 6.07) is 0.579. The van der Waals surface area contributed by atoms with Gasteiger partial charge in [-0.2, -0.15) is 5.10 Å². The van der Waals surface area contributed by atoms with Gasteiger partial charge in [0.15, 0.2) is 5.65 Å². The van der Waals surface area contributed by atoms with Crippen molar-refractivity contribution in [2.75, 3.05) is 19.6 Å². The van der Waals surface area contributed by atoms with Crippen LogP contribution in [0.25, 0.3) is 27.1 Å². The number of carbonyl (C=O) groups excluding carboxylic acids is 1. The summed E-state index contributed by atoms with van der Waals surface area (Å²) in [5.74, 6) is 2.55. The Kier molecular flexibility index (Phi) is 5.14. The zero-order chi connectivity index (χ0) is 25.6. The zero-order valence-corrected chi connectivity index (χ0v) is 22.9. The fraction of sp³-hybridized carbons (Fsp3) is 0.500. The number of H-pyrrole nitrogens is 1. The summed E-state index contributed by atoms with van der Waals surface area (Å²) < 4.78 is 1.90. The van der Waals surface area contributed by atoms with Crippen LogP contribution in [0.5, 0.6) is 0 Å². The van der Waals surface area contributed by atoms with Gasteiger partial charge in [0.2, 0.25) is 5.91 Å². The lowest BCUT2D eigenvalue weighted by Gasteiger charge is -2.31. The Bertz CT molecular complexity index is 1610. The molecule has 3 atom stereocenters. The number of aromatic amines is 1. The first-order chi connectivity index (χ1) is 17.8. The first-order valence-electron chi connectivity index (χ1n) is 13.3. The first-order valence-corrected chi connectivity index (χ1v) is 14.1. The summed E-state index contributed by atoms with van der Waals surface area (Å²) in [4.78, 5) is 29.6. The number of amidine groups is 1. The average molecular weight is 516 g/mol. The van der Waals surface area contributed by atoms with Gasteiger partial charge < -0.3 is 10.3 Å². The minimum Gasteiger partial charge on any atom is -0.346 e. The maximum atomic E-state index is 11.5. The number of nitrogens with zero attached hydrogens (tertiary/aromatic N) is 5. The van der Waals surface area contributed by atoms with Crippen molar-refractivity contribution in [1.82, 2.24) is 29.8 Å². The number of piperidine rings is 1. The Morgan fingerprint density at radius 2 is 2.00 bits per heavy atom. The summed E-state index contributed by atoms with van der Waals surface area (Å²) in [6.07, 6.45) is 6.20. The molecule has 1 saturated heterocycles. The van der Waals surface area contributed by atoms with Crippen molar-refractivity contribution < 1.29 is 4.79 Å². The number of nitrogens with one attached hydrogen (secondary N) is 2. The molecule has 1 saturated carbocycles. The Hall–Kier alpha value is -3.04. The summed E-state index contributed by atoms with van der Waals surface area (Å²) in [5, 5.41) is 8.77. The number of likely N-dealkylation sites (tertiary alicyclic amines) is 1. The van der Waals surface area contributed by atoms with Crippen molar-refractivity contribution in [3.05, 3.63) is 39.7 Å². The second kappa shape index (κ2) is 8.23. The Balaban J connectivity index is 1.23. The van der Waals surface area contributed by atoms with Gasteiger partial charge in [0.05, 0.1) is 12.2 Å². The topological polar surface area (TPSA) is 90.7 Å². The van der Waals surface area contributed by atoms with Crippen LogP contribution in [0.2, 0.25) is 0 Å². The monoisotopic (exact) mass is 515 g/mol. The standard InChI is InChI=1S/C28H33N7OS/c1-13(2)23-24-16(5)26(19-7-18-6-17(19)9-34(18)11-21-29-8-22(36)32-21)37-28(24)33-25(23)20-10-35-27(30-12-31-35)15(4)14(20)3/h10,12-13,17-19,33H,6-9,11H2,1-5H3,(H,29,32,36)/t17-,18-,19+/m0/s1. The Morgan fingerprint density at radius 3 is 2.70 bits per heavy atom. The highest BCUT2D eigenvalue weighted by Crippen LogP contribution is 2.53. The lowest BCUT2D eigenvalue weighted by molar-refractivity contribution is -0.117. The SMILES string of the molecule is Cc1c(-c2[nH]c3sc([C@@H]4C[C@@H]5C[C@H]4CN5CC4=NCC(=O)N4)c(C)c3c2C(C)C)cn2ncnc2c1C. The molecule has 4 aromatic rings. The fourth-order valence-corrected chi connectivity index (χ4v) is 8.53. The van der Waals surface area contributed by atoms with Crippen LogP contribution < -0.4 is 5.32 Å². The minimum absolute atomic E-state index is 0.0217. The molecule has 8 nitrogen and oxygen atoms in total. The first kappa shape index (κ1) is 23.1. The van der Waals surface area contributed by atoms with E-state index in [9.17, 15) is 4.79 Å². The number of thiophene rings is 1. The number of fused-ring (bicyclic) bond motifs is 4. The molecular weight excluding hydrogens is 482 g/mol. The average Bonchev–Trinajstić information content (AvgIpc) is 3.68. The predicted octanol–water partition coefficient (Wildman–Crippen LogP) is 4.69. The van der Waals surface area contributed by atoms with Crippen molar-refractivity contribution in [3.8, 4) is 11.3 Å². The van der Waals surface area contributed by atoms with Crippen LogP contribution in [0.15, 0.2) is 17.5 Å². The number of hydrogen-bond donors (Lipinski definition) is 2. The summed E-state index contributed by atoms with van der Waals surface area (Å²) in [6.45, 7) is 13.4. The van der Waals surface area contributed by atoms with Gasteiger partial charge in [0.25, 0.3) is 0 Å². The molecular formula is C28H33N7OS. The van der Waals surface area contributed by atoms with Crippen LogP contribution >= 0.6 is 11.3 Å². The second-order valence-electron chi connectivity index (χ2n) is 11.4. The highest BCUT2D eigenvalue weighted by molar-refractivity contribution is 7.19. The van der Waals surface area contributed by atoms with Crippen molar-refractivity contribution in [3.63, 3.8) is 0 Å². The third-order valence-electron chi connectivity index (χ3n) is 8.98. The largest absolute Gasteiger partial charge is 0.346 e. The molecule has 0 spiro atoms. The second-order valence-corrected chi connectivity index (χ2v) is 12.5. The molecule has 9 heteroatoms. The summed E-state index contributed by atoms with van der Waals surface area (Å²) in [5.41, 5.74) is 8.66. The van der Waals surface area contributed by atoms with Gasteiger partial charge >= 0.3 is 0 Å². The summed E-state index contributed by atoms with van der Waals surface area (Å²) >= 11 is 1.97. The molecule has 6 heterocycles. The number of hydrogen-bond acceptors (Lipinski definition) is 6. The van der Waals surface area contributed by atoms with Crippen LogP contribution in [-0.4, -0.2) is 61.9 Å². The molecule has 37 heavy (non-hydrogen) atoms. The molecule has 7 rings (SSSR count). The van der Waals surface area contributed by atoms with Crippen molar-refractivity contribution in [2.24, 2.45) is 10.9 Å². The van der Waals surface area contributed by atoms with E-state index < -0.39 is 0 Å². The summed E-state index contributed by atoms with van der Waals surface area (Å²) in [7, 11) is 0. The number of amides is 1. The van der Waals surface area contributed by atoms with Crippen LogP contribution in [0.3, 0.4) is 0 Å². The number of carbonyl (C=O) groups is 1. The van der Waals surface area contributed by atoms with Gasteiger partial charge in [-0.15, -0.1) is 11.3 Å². The van der Waals surface area contributed by atoms with Gasteiger partial charge in [0.1, 0.15) is 23.5 Å². The molecule has 0 radical (unpaired) electrons. The number of pyridine rings is 1.